The minimum absolute atomic E-state index is 0.163. The fraction of sp³-hybridized carbons (Fsp3) is 0.286. The van der Waals surface area contributed by atoms with Crippen LogP contribution in [-0.4, -0.2) is 39.6 Å². The minimum Gasteiger partial charge on any atom is -0.342 e. The molecule has 28 heavy (non-hydrogen) atoms. The molecule has 2 aromatic heterocycles. The molecule has 1 amide bonds. The Bertz CT molecular complexity index is 978. The first-order chi connectivity index (χ1) is 13.5. The van der Waals surface area contributed by atoms with Crippen LogP contribution < -0.4 is 5.56 Å². The van der Waals surface area contributed by atoms with Gasteiger partial charge in [0.15, 0.2) is 0 Å². The van der Waals surface area contributed by atoms with Gasteiger partial charge in [0.1, 0.15) is 11.4 Å². The fourth-order valence-corrected chi connectivity index (χ4v) is 3.00. The molecule has 0 atom stereocenters. The summed E-state index contributed by atoms with van der Waals surface area (Å²) in [4.78, 5) is 28.1. The number of unbranched alkanes of at least 4 members (excludes halogenated alkanes) is 2. The normalized spacial score (nSPS) is 10.8. The van der Waals surface area contributed by atoms with E-state index >= 15 is 0 Å². The van der Waals surface area contributed by atoms with Crippen molar-refractivity contribution in [1.29, 1.82) is 0 Å². The summed E-state index contributed by atoms with van der Waals surface area (Å²) in [7, 11) is 1.71. The van der Waals surface area contributed by atoms with Gasteiger partial charge in [-0.3, -0.25) is 14.7 Å². The minimum atomic E-state index is -0.365. The number of nitrogens with zero attached hydrogens (tertiary/aromatic N) is 2. The average molecular weight is 382 g/mol. The van der Waals surface area contributed by atoms with Crippen molar-refractivity contribution in [3.05, 3.63) is 76.1 Å². The number of amides is 1. The second-order valence-corrected chi connectivity index (χ2v) is 6.74. The Morgan fingerprint density at radius 1 is 1.14 bits per heavy atom. The van der Waals surface area contributed by atoms with E-state index in [9.17, 15) is 14.0 Å². The molecule has 0 bridgehead atoms. The third-order valence-electron chi connectivity index (χ3n) is 4.61. The van der Waals surface area contributed by atoms with Crippen LogP contribution in [0, 0.1) is 5.82 Å². The van der Waals surface area contributed by atoms with E-state index < -0.39 is 0 Å². The third-order valence-corrected chi connectivity index (χ3v) is 4.61. The van der Waals surface area contributed by atoms with Gasteiger partial charge in [0, 0.05) is 31.0 Å². The number of carbonyl (C=O) groups is 1. The summed E-state index contributed by atoms with van der Waals surface area (Å²) in [5.74, 6) is -0.529. The largest absolute Gasteiger partial charge is 0.342 e. The number of aromatic nitrogens is 3. The van der Waals surface area contributed by atoms with Gasteiger partial charge in [-0.25, -0.2) is 4.39 Å². The Balaban J connectivity index is 1.41. The molecule has 0 saturated heterocycles. The summed E-state index contributed by atoms with van der Waals surface area (Å²) < 4.78 is 13.0. The molecule has 0 aliphatic rings. The molecule has 6 nitrogen and oxygen atoms in total. The molecule has 2 N–H and O–H groups in total. The molecular formula is C21H23FN4O2. The van der Waals surface area contributed by atoms with E-state index in [4.69, 9.17) is 0 Å². The highest BCUT2D eigenvalue weighted by atomic mass is 19.1. The van der Waals surface area contributed by atoms with Crippen molar-refractivity contribution >= 4 is 5.91 Å². The number of aromatic amines is 2. The van der Waals surface area contributed by atoms with Crippen LogP contribution in [0.4, 0.5) is 4.39 Å². The quantitative estimate of drug-likeness (QED) is 0.586. The van der Waals surface area contributed by atoms with Crippen molar-refractivity contribution in [2.24, 2.45) is 0 Å². The maximum Gasteiger partial charge on any atom is 0.260 e. The summed E-state index contributed by atoms with van der Waals surface area (Å²) in [6.07, 6.45) is 5.12. The second-order valence-electron chi connectivity index (χ2n) is 6.74. The number of H-pyrrole nitrogens is 2. The topological polar surface area (TPSA) is 81.8 Å². The molecule has 0 aliphatic heterocycles. The molecule has 2 heterocycles. The first-order valence-corrected chi connectivity index (χ1v) is 9.28. The number of carbonyl (C=O) groups excluding carboxylic acids is 1. The number of rotatable bonds is 8. The van der Waals surface area contributed by atoms with E-state index in [-0.39, 0.29) is 22.8 Å². The monoisotopic (exact) mass is 382 g/mol. The first-order valence-electron chi connectivity index (χ1n) is 9.28. The van der Waals surface area contributed by atoms with Gasteiger partial charge >= 0.3 is 0 Å². The molecule has 0 unspecified atom stereocenters. The van der Waals surface area contributed by atoms with Gasteiger partial charge in [0.2, 0.25) is 0 Å². The number of nitrogens with one attached hydrogen (secondary N) is 2. The molecule has 0 saturated carbocycles. The van der Waals surface area contributed by atoms with E-state index in [1.807, 2.05) is 6.07 Å². The molecule has 0 aliphatic carbocycles. The van der Waals surface area contributed by atoms with Gasteiger partial charge in [-0.1, -0.05) is 6.42 Å². The Morgan fingerprint density at radius 3 is 2.68 bits per heavy atom. The summed E-state index contributed by atoms with van der Waals surface area (Å²) in [6, 6.07) is 11.4. The number of hydrogen-bond donors (Lipinski definition) is 2. The average Bonchev–Trinajstić information content (AvgIpc) is 3.17. The van der Waals surface area contributed by atoms with Crippen molar-refractivity contribution < 1.29 is 9.18 Å². The van der Waals surface area contributed by atoms with Crippen LogP contribution >= 0.6 is 0 Å². The fourth-order valence-electron chi connectivity index (χ4n) is 3.00. The van der Waals surface area contributed by atoms with Crippen LogP contribution in [0.5, 0.6) is 0 Å². The zero-order chi connectivity index (χ0) is 19.9. The predicted octanol–water partition coefficient (Wildman–Crippen LogP) is 3.39. The van der Waals surface area contributed by atoms with Gasteiger partial charge in [-0.15, -0.1) is 0 Å². The van der Waals surface area contributed by atoms with Gasteiger partial charge < -0.3 is 9.88 Å². The number of hydrogen-bond acceptors (Lipinski definition) is 3. The van der Waals surface area contributed by atoms with Crippen molar-refractivity contribution in [3.8, 4) is 11.3 Å². The van der Waals surface area contributed by atoms with Gasteiger partial charge in [-0.2, -0.15) is 5.10 Å². The second kappa shape index (κ2) is 9.12. The Labute approximate surface area is 162 Å². The predicted molar refractivity (Wildman–Crippen MR) is 106 cm³/mol. The molecule has 0 radical (unpaired) electrons. The highest BCUT2D eigenvalue weighted by Crippen LogP contribution is 2.19. The van der Waals surface area contributed by atoms with Gasteiger partial charge in [-0.05, 0) is 61.7 Å². The van der Waals surface area contributed by atoms with E-state index in [1.54, 1.807) is 30.1 Å². The summed E-state index contributed by atoms with van der Waals surface area (Å²) in [5, 5.41) is 7.29. The molecule has 7 heteroatoms. The lowest BCUT2D eigenvalue weighted by Crippen LogP contribution is -2.32. The van der Waals surface area contributed by atoms with Crippen molar-refractivity contribution in [2.45, 2.75) is 25.7 Å². The van der Waals surface area contributed by atoms with E-state index in [0.29, 0.717) is 6.54 Å². The molecule has 146 valence electrons. The van der Waals surface area contributed by atoms with Crippen LogP contribution in [0.3, 0.4) is 0 Å². The number of pyridine rings is 1. The zero-order valence-electron chi connectivity index (χ0n) is 15.7. The standard InChI is InChI=1S/C21H23FN4O2/c1-26(21(28)18-7-5-12-23-20(18)27)13-4-2-3-6-17-14-19(25-24-17)15-8-10-16(22)11-9-15/h5,7-12,14H,2-4,6,13H2,1H3,(H,23,27)(H,24,25). The molecule has 0 fully saturated rings. The number of benzene rings is 1. The number of aryl methyl sites for hydroxylation is 1. The lowest BCUT2D eigenvalue weighted by molar-refractivity contribution is 0.0791. The first kappa shape index (κ1) is 19.5. The maximum atomic E-state index is 13.0. The molecule has 3 aromatic rings. The summed E-state index contributed by atoms with van der Waals surface area (Å²) in [5.41, 5.74) is 2.50. The van der Waals surface area contributed by atoms with Crippen LogP contribution in [0.2, 0.25) is 0 Å². The van der Waals surface area contributed by atoms with E-state index in [1.165, 1.54) is 24.4 Å². The Morgan fingerprint density at radius 2 is 1.93 bits per heavy atom. The van der Waals surface area contributed by atoms with Crippen LogP contribution in [0.15, 0.2) is 53.5 Å². The Kier molecular flexibility index (Phi) is 6.37. The van der Waals surface area contributed by atoms with E-state index in [2.05, 4.69) is 15.2 Å². The van der Waals surface area contributed by atoms with Gasteiger partial charge in [0.25, 0.3) is 11.5 Å². The SMILES string of the molecule is CN(CCCCCc1cc(-c2ccc(F)cc2)n[nH]1)C(=O)c1ccc[nH]c1=O. The van der Waals surface area contributed by atoms with Crippen LogP contribution in [0.25, 0.3) is 11.3 Å². The van der Waals surface area contributed by atoms with Gasteiger partial charge in [0.05, 0.1) is 5.69 Å². The number of halogens is 1. The Hall–Kier alpha value is -3.22. The van der Waals surface area contributed by atoms with Crippen molar-refractivity contribution in [1.82, 2.24) is 20.1 Å². The van der Waals surface area contributed by atoms with Crippen LogP contribution in [0.1, 0.15) is 35.3 Å². The molecular weight excluding hydrogens is 359 g/mol. The van der Waals surface area contributed by atoms with Crippen molar-refractivity contribution in [3.63, 3.8) is 0 Å². The summed E-state index contributed by atoms with van der Waals surface area (Å²) >= 11 is 0. The lowest BCUT2D eigenvalue weighted by atomic mass is 10.1. The molecule has 1 aromatic carbocycles. The van der Waals surface area contributed by atoms with E-state index in [0.717, 1.165) is 42.6 Å². The highest BCUT2D eigenvalue weighted by molar-refractivity contribution is 5.93. The third kappa shape index (κ3) is 4.94. The maximum absolute atomic E-state index is 13.0. The highest BCUT2D eigenvalue weighted by Gasteiger charge is 2.14. The van der Waals surface area contributed by atoms with Crippen molar-refractivity contribution in [2.75, 3.05) is 13.6 Å². The lowest BCUT2D eigenvalue weighted by Gasteiger charge is -2.16. The molecule has 0 spiro atoms. The smallest absolute Gasteiger partial charge is 0.260 e. The summed E-state index contributed by atoms with van der Waals surface area (Å²) in [6.45, 7) is 0.594. The van der Waals surface area contributed by atoms with Crippen LogP contribution in [-0.2, 0) is 6.42 Å². The molecule has 3 rings (SSSR count). The zero-order valence-corrected chi connectivity index (χ0v) is 15.7.